The zero-order chi connectivity index (χ0) is 13.9. The SMILES string of the molecule is O=c1c2ccccc2n(CCCCCCl)c2ncnn12. The molecule has 0 N–H and O–H groups in total. The largest absolute Gasteiger partial charge is 0.310 e. The summed E-state index contributed by atoms with van der Waals surface area (Å²) in [4.78, 5) is 16.5. The van der Waals surface area contributed by atoms with Crippen LogP contribution in [0.3, 0.4) is 0 Å². The molecule has 0 bridgehead atoms. The van der Waals surface area contributed by atoms with Crippen molar-refractivity contribution in [3.05, 3.63) is 40.9 Å². The van der Waals surface area contributed by atoms with Crippen molar-refractivity contribution in [3.8, 4) is 0 Å². The van der Waals surface area contributed by atoms with Crippen LogP contribution in [0.5, 0.6) is 0 Å². The third-order valence-electron chi connectivity index (χ3n) is 3.40. The van der Waals surface area contributed by atoms with Gasteiger partial charge in [0.25, 0.3) is 5.56 Å². The molecule has 0 fully saturated rings. The highest BCUT2D eigenvalue weighted by Crippen LogP contribution is 2.14. The van der Waals surface area contributed by atoms with E-state index in [1.54, 1.807) is 0 Å². The lowest BCUT2D eigenvalue weighted by Gasteiger charge is -2.11. The number of aryl methyl sites for hydroxylation is 1. The Morgan fingerprint density at radius 2 is 2.00 bits per heavy atom. The molecule has 3 aromatic rings. The molecular weight excluding hydrogens is 276 g/mol. The molecule has 0 amide bonds. The quantitative estimate of drug-likeness (QED) is 0.536. The van der Waals surface area contributed by atoms with E-state index in [1.807, 2.05) is 24.3 Å². The van der Waals surface area contributed by atoms with Crippen LogP contribution >= 0.6 is 11.6 Å². The van der Waals surface area contributed by atoms with E-state index in [0.29, 0.717) is 17.0 Å². The third kappa shape index (κ3) is 2.18. The smallest absolute Gasteiger partial charge is 0.283 e. The van der Waals surface area contributed by atoms with Gasteiger partial charge in [-0.2, -0.15) is 14.6 Å². The van der Waals surface area contributed by atoms with Crippen LogP contribution in [-0.2, 0) is 6.54 Å². The molecule has 0 radical (unpaired) electrons. The lowest BCUT2D eigenvalue weighted by molar-refractivity contribution is 0.615. The molecule has 0 saturated heterocycles. The topological polar surface area (TPSA) is 52.2 Å². The van der Waals surface area contributed by atoms with Crippen LogP contribution in [0, 0.1) is 0 Å². The van der Waals surface area contributed by atoms with Crippen LogP contribution in [0.1, 0.15) is 19.3 Å². The first kappa shape index (κ1) is 13.1. The summed E-state index contributed by atoms with van der Waals surface area (Å²) >= 11 is 5.70. The number of rotatable bonds is 5. The summed E-state index contributed by atoms with van der Waals surface area (Å²) in [7, 11) is 0. The van der Waals surface area contributed by atoms with Gasteiger partial charge in [-0.15, -0.1) is 11.6 Å². The molecule has 2 aromatic heterocycles. The Bertz CT molecular complexity index is 793. The Labute approximate surface area is 120 Å². The fraction of sp³-hybridized carbons (Fsp3) is 0.357. The minimum absolute atomic E-state index is 0.120. The van der Waals surface area contributed by atoms with Gasteiger partial charge in [0.2, 0.25) is 5.78 Å². The van der Waals surface area contributed by atoms with Crippen LogP contribution in [-0.4, -0.2) is 25.0 Å². The molecule has 0 spiro atoms. The van der Waals surface area contributed by atoms with Crippen molar-refractivity contribution in [2.75, 3.05) is 5.88 Å². The summed E-state index contributed by atoms with van der Waals surface area (Å²) < 4.78 is 3.42. The molecular formula is C14H15ClN4O. The van der Waals surface area contributed by atoms with Crippen LogP contribution in [0.15, 0.2) is 35.4 Å². The van der Waals surface area contributed by atoms with Gasteiger partial charge in [-0.05, 0) is 25.0 Å². The van der Waals surface area contributed by atoms with Crippen molar-refractivity contribution in [2.45, 2.75) is 25.8 Å². The lowest BCUT2D eigenvalue weighted by atomic mass is 10.2. The normalized spacial score (nSPS) is 11.4. The number of halogens is 1. The van der Waals surface area contributed by atoms with E-state index < -0.39 is 0 Å². The summed E-state index contributed by atoms with van der Waals surface area (Å²) in [6.07, 6.45) is 4.49. The highest BCUT2D eigenvalue weighted by molar-refractivity contribution is 6.17. The van der Waals surface area contributed by atoms with Gasteiger partial charge in [0.1, 0.15) is 6.33 Å². The van der Waals surface area contributed by atoms with Crippen molar-refractivity contribution in [3.63, 3.8) is 0 Å². The first-order valence-corrected chi connectivity index (χ1v) is 7.23. The molecule has 6 heteroatoms. The Hall–Kier alpha value is -1.88. The highest BCUT2D eigenvalue weighted by atomic mass is 35.5. The summed E-state index contributed by atoms with van der Waals surface area (Å²) in [6, 6.07) is 7.58. The average molecular weight is 291 g/mol. The first-order chi connectivity index (χ1) is 9.83. The second kappa shape index (κ2) is 5.63. The summed E-state index contributed by atoms with van der Waals surface area (Å²) in [5.74, 6) is 1.28. The first-order valence-electron chi connectivity index (χ1n) is 6.70. The van der Waals surface area contributed by atoms with Gasteiger partial charge >= 0.3 is 0 Å². The number of fused-ring (bicyclic) bond motifs is 2. The van der Waals surface area contributed by atoms with Crippen LogP contribution in [0.25, 0.3) is 16.7 Å². The van der Waals surface area contributed by atoms with E-state index in [9.17, 15) is 4.79 Å². The van der Waals surface area contributed by atoms with E-state index in [1.165, 1.54) is 10.8 Å². The number of hydrogen-bond donors (Lipinski definition) is 0. The van der Waals surface area contributed by atoms with Crippen LogP contribution in [0.2, 0.25) is 0 Å². The molecule has 104 valence electrons. The zero-order valence-electron chi connectivity index (χ0n) is 11.0. The molecule has 20 heavy (non-hydrogen) atoms. The van der Waals surface area contributed by atoms with Gasteiger partial charge in [-0.1, -0.05) is 18.6 Å². The van der Waals surface area contributed by atoms with Gasteiger partial charge < -0.3 is 4.57 Å². The van der Waals surface area contributed by atoms with Gasteiger partial charge in [-0.3, -0.25) is 4.79 Å². The van der Waals surface area contributed by atoms with Gasteiger partial charge in [-0.25, -0.2) is 0 Å². The molecule has 1 aromatic carbocycles. The van der Waals surface area contributed by atoms with E-state index in [4.69, 9.17) is 11.6 Å². The van der Waals surface area contributed by atoms with Crippen LogP contribution < -0.4 is 5.56 Å². The third-order valence-corrected chi connectivity index (χ3v) is 3.67. The second-order valence-corrected chi connectivity index (χ2v) is 5.07. The van der Waals surface area contributed by atoms with Gasteiger partial charge in [0.05, 0.1) is 10.9 Å². The molecule has 0 aliphatic rings. The summed E-state index contributed by atoms with van der Waals surface area (Å²) in [5.41, 5.74) is 0.786. The van der Waals surface area contributed by atoms with Gasteiger partial charge in [0, 0.05) is 12.4 Å². The van der Waals surface area contributed by atoms with Crippen molar-refractivity contribution in [1.82, 2.24) is 19.2 Å². The number of unbranched alkanes of at least 4 members (excludes halogenated alkanes) is 2. The van der Waals surface area contributed by atoms with Crippen molar-refractivity contribution < 1.29 is 0 Å². The molecule has 0 aliphatic carbocycles. The Morgan fingerprint density at radius 3 is 2.85 bits per heavy atom. The van der Waals surface area contributed by atoms with E-state index in [0.717, 1.165) is 31.3 Å². The molecule has 0 saturated carbocycles. The van der Waals surface area contributed by atoms with Crippen molar-refractivity contribution in [2.24, 2.45) is 0 Å². The second-order valence-electron chi connectivity index (χ2n) is 4.70. The molecule has 0 atom stereocenters. The van der Waals surface area contributed by atoms with E-state index >= 15 is 0 Å². The standard InChI is InChI=1S/C14H15ClN4O/c15-8-4-1-5-9-18-12-7-3-2-6-11(12)13(20)19-14(18)16-10-17-19/h2-3,6-7,10H,1,4-5,8-9H2. The summed E-state index contributed by atoms with van der Waals surface area (Å²) in [6.45, 7) is 0.805. The molecule has 0 aliphatic heterocycles. The maximum absolute atomic E-state index is 12.3. The number of para-hydroxylation sites is 1. The zero-order valence-corrected chi connectivity index (χ0v) is 11.8. The molecule has 5 nitrogen and oxygen atoms in total. The lowest BCUT2D eigenvalue weighted by Crippen LogP contribution is -2.20. The van der Waals surface area contributed by atoms with Crippen molar-refractivity contribution in [1.29, 1.82) is 0 Å². The monoisotopic (exact) mass is 290 g/mol. The number of hydrogen-bond acceptors (Lipinski definition) is 3. The Kier molecular flexibility index (Phi) is 3.69. The molecule has 3 rings (SSSR count). The highest BCUT2D eigenvalue weighted by Gasteiger charge is 2.11. The Balaban J connectivity index is 2.13. The fourth-order valence-corrected chi connectivity index (χ4v) is 2.63. The minimum Gasteiger partial charge on any atom is -0.310 e. The van der Waals surface area contributed by atoms with E-state index in [2.05, 4.69) is 14.6 Å². The Morgan fingerprint density at radius 1 is 1.15 bits per heavy atom. The molecule has 2 heterocycles. The average Bonchev–Trinajstić information content (AvgIpc) is 2.96. The molecule has 0 unspecified atom stereocenters. The van der Waals surface area contributed by atoms with Crippen molar-refractivity contribution >= 4 is 28.3 Å². The fourth-order valence-electron chi connectivity index (χ4n) is 2.44. The number of benzene rings is 1. The maximum atomic E-state index is 12.3. The predicted molar refractivity (Wildman–Crippen MR) is 79.3 cm³/mol. The van der Waals surface area contributed by atoms with Gasteiger partial charge in [0.15, 0.2) is 0 Å². The summed E-state index contributed by atoms with van der Waals surface area (Å²) in [5, 5.41) is 4.69. The van der Waals surface area contributed by atoms with Crippen LogP contribution in [0.4, 0.5) is 0 Å². The van der Waals surface area contributed by atoms with E-state index in [-0.39, 0.29) is 5.56 Å². The number of alkyl halides is 1. The number of aromatic nitrogens is 4. The predicted octanol–water partition coefficient (Wildman–Crippen LogP) is 2.45. The number of nitrogens with zero attached hydrogens (tertiary/aromatic N) is 4. The maximum Gasteiger partial charge on any atom is 0.283 e. The minimum atomic E-state index is -0.120.